The number of aliphatic hydroxyl groups is 1. The van der Waals surface area contributed by atoms with Gasteiger partial charge in [0.05, 0.1) is 43.3 Å². The van der Waals surface area contributed by atoms with E-state index in [1.54, 1.807) is 43.7 Å². The van der Waals surface area contributed by atoms with E-state index in [9.17, 15) is 22.8 Å². The number of β-amino-alcohol motifs (C(OH)–C–C–N with tert-alkyl or cyclic N) is 1. The van der Waals surface area contributed by atoms with Gasteiger partial charge in [0.15, 0.2) is 4.90 Å². The Hall–Kier alpha value is -3.08. The molecule has 2 atom stereocenters. The number of likely N-dealkylation sites (tertiary alicyclic amines) is 1. The topological polar surface area (TPSA) is 94.0 Å². The summed E-state index contributed by atoms with van der Waals surface area (Å²) in [6.07, 6.45) is -1.70. The lowest BCUT2D eigenvalue weighted by Crippen LogP contribution is -2.43. The van der Waals surface area contributed by atoms with Gasteiger partial charge in [-0.3, -0.25) is 0 Å². The van der Waals surface area contributed by atoms with Crippen LogP contribution < -0.4 is 15.4 Å². The number of anilines is 2. The molecular formula is C31H39F3N4O4S. The highest BCUT2D eigenvalue weighted by atomic mass is 32.2. The van der Waals surface area contributed by atoms with Crippen LogP contribution in [0.5, 0.6) is 5.75 Å². The van der Waals surface area contributed by atoms with Gasteiger partial charge in [0.2, 0.25) is 0 Å². The summed E-state index contributed by atoms with van der Waals surface area (Å²) in [7, 11) is 3.07. The number of halogens is 3. The molecule has 0 amide bonds. The molecule has 1 aliphatic rings. The Bertz CT molecular complexity index is 1440. The predicted octanol–water partition coefficient (Wildman–Crippen LogP) is 4.61. The number of methoxy groups -OCH3 is 2. The van der Waals surface area contributed by atoms with Gasteiger partial charge >= 0.3 is 6.18 Å². The van der Waals surface area contributed by atoms with Crippen LogP contribution in [-0.4, -0.2) is 90.7 Å². The van der Waals surface area contributed by atoms with Crippen LogP contribution in [0.25, 0.3) is 10.9 Å². The molecule has 2 unspecified atom stereocenters. The van der Waals surface area contributed by atoms with E-state index in [-0.39, 0.29) is 12.6 Å². The standard InChI is InChI=1S/C31H39F3N4O4S/c1-21-27(9-6-14-35-25-11-10-24(43(4)40)17-29(25)42-3)38(20-31(32,33)34)28-8-5-7-26(30(21)28)36-22-12-15-37(16-13-22)18-23(39)19-41-2/h5,7-8,10-11,17,22-23,35-36,39H,12-16,18-20H2,1-4H3. The summed E-state index contributed by atoms with van der Waals surface area (Å²) in [4.78, 5) is 2.82. The Labute approximate surface area is 253 Å². The van der Waals surface area contributed by atoms with Gasteiger partial charge in [0.1, 0.15) is 18.6 Å². The first-order valence-corrected chi connectivity index (χ1v) is 15.6. The summed E-state index contributed by atoms with van der Waals surface area (Å²) < 4.78 is 64.6. The molecule has 1 fully saturated rings. The normalized spacial score (nSPS) is 16.0. The third-order valence-corrected chi connectivity index (χ3v) is 8.44. The van der Waals surface area contributed by atoms with E-state index in [0.717, 1.165) is 37.0 Å². The van der Waals surface area contributed by atoms with Crippen molar-refractivity contribution in [2.45, 2.75) is 49.5 Å². The molecule has 3 aromatic rings. The molecule has 1 aliphatic heterocycles. The third kappa shape index (κ3) is 8.52. The van der Waals surface area contributed by atoms with Crippen LogP contribution in [-0.2, 0) is 22.5 Å². The quantitative estimate of drug-likeness (QED) is 0.213. The van der Waals surface area contributed by atoms with E-state index >= 15 is 0 Å². The fourth-order valence-electron chi connectivity index (χ4n) is 5.51. The number of hydrogen-bond acceptors (Lipinski definition) is 7. The minimum absolute atomic E-state index is 0.150. The molecule has 1 saturated heterocycles. The first kappa shape index (κ1) is 32.8. The summed E-state index contributed by atoms with van der Waals surface area (Å²) in [6.45, 7) is 3.27. The maximum Gasteiger partial charge on any atom is 0.406 e. The molecule has 4 rings (SSSR count). The lowest BCUT2D eigenvalue weighted by Gasteiger charge is -2.34. The second kappa shape index (κ2) is 14.6. The van der Waals surface area contributed by atoms with Crippen molar-refractivity contribution < 1.29 is 32.3 Å². The smallest absolute Gasteiger partial charge is 0.406 e. The van der Waals surface area contributed by atoms with E-state index < -0.39 is 30.0 Å². The van der Waals surface area contributed by atoms with Crippen LogP contribution in [0.2, 0.25) is 0 Å². The van der Waals surface area contributed by atoms with Gasteiger partial charge in [0, 0.05) is 49.9 Å². The van der Waals surface area contributed by atoms with Gasteiger partial charge in [-0.25, -0.2) is 0 Å². The average molecular weight is 621 g/mol. The molecule has 0 aliphatic carbocycles. The van der Waals surface area contributed by atoms with Crippen LogP contribution in [0.4, 0.5) is 24.5 Å². The van der Waals surface area contributed by atoms with Gasteiger partial charge in [-0.1, -0.05) is 12.0 Å². The van der Waals surface area contributed by atoms with Crippen molar-refractivity contribution in [1.29, 1.82) is 0 Å². The zero-order chi connectivity index (χ0) is 31.1. The number of hydrogen-bond donors (Lipinski definition) is 3. The van der Waals surface area contributed by atoms with Crippen molar-refractivity contribution in [1.82, 2.24) is 9.47 Å². The molecule has 0 saturated carbocycles. The fraction of sp³-hybridized carbons (Fsp3) is 0.484. The highest BCUT2D eigenvalue weighted by molar-refractivity contribution is 7.90. The van der Waals surface area contributed by atoms with Gasteiger partial charge in [-0.2, -0.15) is 13.2 Å². The van der Waals surface area contributed by atoms with Crippen molar-refractivity contribution in [3.63, 3.8) is 0 Å². The van der Waals surface area contributed by atoms with Crippen LogP contribution in [0.15, 0.2) is 41.3 Å². The zero-order valence-electron chi connectivity index (χ0n) is 24.9. The lowest BCUT2D eigenvalue weighted by atomic mass is 10.0. The number of aryl methyl sites for hydroxylation is 1. The molecule has 1 aromatic heterocycles. The first-order valence-electron chi connectivity index (χ1n) is 14.1. The Morgan fingerprint density at radius 2 is 1.91 bits per heavy atom. The number of benzene rings is 2. The van der Waals surface area contributed by atoms with Crippen LogP contribution in [0, 0.1) is 18.8 Å². The summed E-state index contributed by atoms with van der Waals surface area (Å²) in [5.41, 5.74) is 2.90. The predicted molar refractivity (Wildman–Crippen MR) is 164 cm³/mol. The molecule has 2 aromatic carbocycles. The second-order valence-electron chi connectivity index (χ2n) is 10.7. The monoisotopic (exact) mass is 620 g/mol. The number of fused-ring (bicyclic) bond motifs is 1. The third-order valence-electron chi connectivity index (χ3n) is 7.52. The molecular weight excluding hydrogens is 581 g/mol. The molecule has 12 heteroatoms. The first-order chi connectivity index (χ1) is 20.5. The molecule has 8 nitrogen and oxygen atoms in total. The summed E-state index contributed by atoms with van der Waals surface area (Å²) in [6, 6.07) is 10.7. The lowest BCUT2D eigenvalue weighted by molar-refractivity contribution is -0.140. The number of piperidine rings is 1. The Morgan fingerprint density at radius 3 is 2.56 bits per heavy atom. The summed E-state index contributed by atoms with van der Waals surface area (Å²) >= 11 is -1.16. The van der Waals surface area contributed by atoms with Crippen LogP contribution in [0.3, 0.4) is 0 Å². The van der Waals surface area contributed by atoms with E-state index in [1.807, 2.05) is 13.0 Å². The van der Waals surface area contributed by atoms with Crippen molar-refractivity contribution >= 4 is 33.5 Å². The maximum atomic E-state index is 13.7. The molecule has 0 bridgehead atoms. The van der Waals surface area contributed by atoms with Gasteiger partial charge in [-0.15, -0.1) is 0 Å². The number of alkyl halides is 3. The molecule has 2 heterocycles. The molecule has 0 spiro atoms. The van der Waals surface area contributed by atoms with E-state index in [0.29, 0.717) is 46.3 Å². The summed E-state index contributed by atoms with van der Waals surface area (Å²) in [5.74, 6) is 6.47. The largest absolute Gasteiger partial charge is 0.612 e. The summed E-state index contributed by atoms with van der Waals surface area (Å²) in [5, 5.41) is 17.5. The zero-order valence-corrected chi connectivity index (χ0v) is 25.7. The molecule has 3 N–H and O–H groups in total. The van der Waals surface area contributed by atoms with E-state index in [2.05, 4.69) is 27.4 Å². The Balaban J connectivity index is 1.55. The van der Waals surface area contributed by atoms with Gasteiger partial charge < -0.3 is 39.2 Å². The highest BCUT2D eigenvalue weighted by Gasteiger charge is 2.31. The average Bonchev–Trinajstić information content (AvgIpc) is 3.22. The van der Waals surface area contributed by atoms with Crippen molar-refractivity contribution in [2.75, 3.05) is 63.9 Å². The molecule has 234 valence electrons. The Morgan fingerprint density at radius 1 is 1.16 bits per heavy atom. The van der Waals surface area contributed by atoms with Crippen LogP contribution >= 0.6 is 0 Å². The Kier molecular flexibility index (Phi) is 11.1. The minimum atomic E-state index is -4.43. The highest BCUT2D eigenvalue weighted by Crippen LogP contribution is 2.35. The minimum Gasteiger partial charge on any atom is -0.612 e. The fourth-order valence-corrected chi connectivity index (χ4v) is 6.04. The van der Waals surface area contributed by atoms with Gasteiger partial charge in [0.25, 0.3) is 0 Å². The number of rotatable bonds is 11. The van der Waals surface area contributed by atoms with Crippen molar-refractivity contribution in [3.05, 3.63) is 47.7 Å². The van der Waals surface area contributed by atoms with Gasteiger partial charge in [-0.05, 0) is 66.7 Å². The number of aromatic nitrogens is 1. The number of nitrogens with zero attached hydrogens (tertiary/aromatic N) is 2. The molecule has 43 heavy (non-hydrogen) atoms. The van der Waals surface area contributed by atoms with E-state index in [1.165, 1.54) is 11.7 Å². The number of nitrogens with one attached hydrogen (secondary N) is 2. The van der Waals surface area contributed by atoms with Crippen molar-refractivity contribution in [2.24, 2.45) is 0 Å². The number of ether oxygens (including phenoxy) is 2. The maximum absolute atomic E-state index is 13.7. The second-order valence-corrected chi connectivity index (χ2v) is 12.1. The van der Waals surface area contributed by atoms with E-state index in [4.69, 9.17) is 9.47 Å². The molecule has 0 radical (unpaired) electrons. The van der Waals surface area contributed by atoms with Crippen LogP contribution in [0.1, 0.15) is 24.1 Å². The van der Waals surface area contributed by atoms with Crippen molar-refractivity contribution in [3.8, 4) is 17.6 Å². The SMILES string of the molecule is COCC(O)CN1CCC(Nc2cccc3c2c(C)c(C#CCNc2ccc([S+](C)[O-])cc2OC)n3CC(F)(F)F)CC1. The number of aliphatic hydroxyl groups excluding tert-OH is 1.